The molecule has 0 N–H and O–H groups in total. The van der Waals surface area contributed by atoms with Crippen molar-refractivity contribution in [3.63, 3.8) is 0 Å². The van der Waals surface area contributed by atoms with Crippen LogP contribution in [0.4, 0.5) is 0 Å². The van der Waals surface area contributed by atoms with Gasteiger partial charge in [-0.3, -0.25) is 24.1 Å². The number of methoxy groups -OCH3 is 1. The smallest absolute Gasteiger partial charge is 0.325 e. The summed E-state index contributed by atoms with van der Waals surface area (Å²) >= 11 is 0. The van der Waals surface area contributed by atoms with Gasteiger partial charge in [0.2, 0.25) is 5.91 Å². The molecule has 1 saturated heterocycles. The molecule has 2 aliphatic rings. The van der Waals surface area contributed by atoms with Crippen LogP contribution in [0.25, 0.3) is 0 Å². The van der Waals surface area contributed by atoms with Crippen molar-refractivity contribution in [1.29, 1.82) is 0 Å². The van der Waals surface area contributed by atoms with Crippen LogP contribution in [0.5, 0.6) is 0 Å². The fourth-order valence-corrected chi connectivity index (χ4v) is 3.97. The molecule has 2 heterocycles. The number of amides is 3. The summed E-state index contributed by atoms with van der Waals surface area (Å²) in [6.45, 7) is 1.85. The Hall–Kier alpha value is -2.70. The first-order valence-electron chi connectivity index (χ1n) is 9.33. The molecule has 0 spiro atoms. The molecule has 0 aliphatic carbocycles. The van der Waals surface area contributed by atoms with Gasteiger partial charge in [-0.05, 0) is 37.8 Å². The van der Waals surface area contributed by atoms with Gasteiger partial charge in [0, 0.05) is 6.04 Å². The van der Waals surface area contributed by atoms with Gasteiger partial charge in [-0.15, -0.1) is 0 Å². The van der Waals surface area contributed by atoms with E-state index in [0.29, 0.717) is 24.0 Å². The Morgan fingerprint density at radius 1 is 1.11 bits per heavy atom. The molecule has 0 unspecified atom stereocenters. The molecule has 2 aliphatic heterocycles. The average molecular weight is 372 g/mol. The predicted molar refractivity (Wildman–Crippen MR) is 97.0 cm³/mol. The van der Waals surface area contributed by atoms with Gasteiger partial charge in [0.25, 0.3) is 11.8 Å². The van der Waals surface area contributed by atoms with Crippen LogP contribution in [0, 0.1) is 0 Å². The molecule has 3 rings (SSSR count). The monoisotopic (exact) mass is 372 g/mol. The minimum atomic E-state index is -0.885. The molecular formula is C20H24N2O5. The van der Waals surface area contributed by atoms with E-state index in [-0.39, 0.29) is 18.5 Å². The third kappa shape index (κ3) is 3.46. The maximum atomic E-state index is 13.3. The summed E-state index contributed by atoms with van der Waals surface area (Å²) in [7, 11) is 1.28. The van der Waals surface area contributed by atoms with Crippen LogP contribution in [0.15, 0.2) is 24.3 Å². The van der Waals surface area contributed by atoms with Crippen LogP contribution < -0.4 is 0 Å². The average Bonchev–Trinajstić information content (AvgIpc) is 2.83. The van der Waals surface area contributed by atoms with Crippen molar-refractivity contribution in [2.45, 2.75) is 51.1 Å². The molecule has 1 aromatic carbocycles. The third-order valence-electron chi connectivity index (χ3n) is 5.31. The van der Waals surface area contributed by atoms with Crippen molar-refractivity contribution in [3.05, 3.63) is 35.4 Å². The lowest BCUT2D eigenvalue weighted by atomic mass is 10.0. The summed E-state index contributed by atoms with van der Waals surface area (Å²) in [5.74, 6) is -1.75. The number of fused-ring (bicyclic) bond motifs is 1. The number of hydrogen-bond acceptors (Lipinski definition) is 5. The van der Waals surface area contributed by atoms with Crippen LogP contribution in [0.1, 0.15) is 59.7 Å². The number of hydrogen-bond donors (Lipinski definition) is 0. The fourth-order valence-electron chi connectivity index (χ4n) is 3.97. The molecule has 1 fully saturated rings. The molecule has 0 saturated carbocycles. The van der Waals surface area contributed by atoms with E-state index in [1.165, 1.54) is 12.0 Å². The molecule has 7 heteroatoms. The maximum Gasteiger partial charge on any atom is 0.325 e. The lowest BCUT2D eigenvalue weighted by molar-refractivity contribution is -0.149. The predicted octanol–water partition coefficient (Wildman–Crippen LogP) is 2.01. The molecule has 3 amide bonds. The van der Waals surface area contributed by atoms with Crippen LogP contribution in [-0.4, -0.2) is 59.2 Å². The van der Waals surface area contributed by atoms with E-state index >= 15 is 0 Å². The number of esters is 1. The topological polar surface area (TPSA) is 84.0 Å². The number of carbonyl (C=O) groups is 4. The molecule has 0 bridgehead atoms. The van der Waals surface area contributed by atoms with Crippen LogP contribution in [0.2, 0.25) is 0 Å². The Bertz CT molecular complexity index is 740. The van der Waals surface area contributed by atoms with E-state index in [1.807, 2.05) is 6.92 Å². The molecule has 144 valence electrons. The fraction of sp³-hybridized carbons (Fsp3) is 0.500. The Kier molecular flexibility index (Phi) is 5.58. The van der Waals surface area contributed by atoms with Gasteiger partial charge in [-0.1, -0.05) is 25.5 Å². The summed E-state index contributed by atoms with van der Waals surface area (Å²) in [5.41, 5.74) is 0.647. The van der Waals surface area contributed by atoms with E-state index in [4.69, 9.17) is 4.74 Å². The van der Waals surface area contributed by atoms with Gasteiger partial charge in [-0.25, -0.2) is 0 Å². The van der Waals surface area contributed by atoms with Crippen molar-refractivity contribution in [3.8, 4) is 0 Å². The largest absolute Gasteiger partial charge is 0.468 e. The third-order valence-corrected chi connectivity index (χ3v) is 5.31. The first-order chi connectivity index (χ1) is 13.0. The van der Waals surface area contributed by atoms with Crippen molar-refractivity contribution in [2.75, 3.05) is 13.7 Å². The quantitative estimate of drug-likeness (QED) is 0.583. The molecule has 2 atom stereocenters. The maximum absolute atomic E-state index is 13.3. The van der Waals surface area contributed by atoms with Crippen LogP contribution in [-0.2, 0) is 14.3 Å². The van der Waals surface area contributed by atoms with Crippen molar-refractivity contribution >= 4 is 23.7 Å². The Morgan fingerprint density at radius 3 is 2.30 bits per heavy atom. The number of nitrogens with zero attached hydrogens (tertiary/aromatic N) is 2. The van der Waals surface area contributed by atoms with E-state index in [2.05, 4.69) is 0 Å². The second-order valence-electron chi connectivity index (χ2n) is 6.96. The normalized spacial score (nSPS) is 22.7. The van der Waals surface area contributed by atoms with E-state index in [9.17, 15) is 19.2 Å². The van der Waals surface area contributed by atoms with Crippen molar-refractivity contribution < 1.29 is 23.9 Å². The highest BCUT2D eigenvalue weighted by Gasteiger charge is 2.45. The van der Waals surface area contributed by atoms with Gasteiger partial charge < -0.3 is 9.64 Å². The Labute approximate surface area is 158 Å². The van der Waals surface area contributed by atoms with Gasteiger partial charge in [0.15, 0.2) is 0 Å². The van der Waals surface area contributed by atoms with E-state index in [1.54, 1.807) is 24.3 Å². The first kappa shape index (κ1) is 19.1. The Balaban J connectivity index is 1.92. The summed E-state index contributed by atoms with van der Waals surface area (Å²) in [6.07, 6.45) is 3.47. The summed E-state index contributed by atoms with van der Waals surface area (Å²) in [4.78, 5) is 53.3. The van der Waals surface area contributed by atoms with Crippen LogP contribution >= 0.6 is 0 Å². The second-order valence-corrected chi connectivity index (χ2v) is 6.96. The molecule has 0 radical (unpaired) electrons. The minimum absolute atomic E-state index is 0.0956. The number of rotatable bonds is 5. The van der Waals surface area contributed by atoms with Crippen molar-refractivity contribution in [1.82, 2.24) is 9.80 Å². The zero-order valence-electron chi connectivity index (χ0n) is 15.6. The zero-order chi connectivity index (χ0) is 19.6. The highest BCUT2D eigenvalue weighted by atomic mass is 16.5. The number of ether oxygens (including phenoxy) is 1. The number of benzene rings is 1. The van der Waals surface area contributed by atoms with Gasteiger partial charge in [0.1, 0.15) is 12.6 Å². The molecule has 1 aromatic rings. The van der Waals surface area contributed by atoms with Gasteiger partial charge >= 0.3 is 5.97 Å². The van der Waals surface area contributed by atoms with Crippen LogP contribution in [0.3, 0.4) is 0 Å². The molecule has 7 nitrogen and oxygen atoms in total. The second kappa shape index (κ2) is 7.90. The molecular weight excluding hydrogens is 348 g/mol. The summed E-state index contributed by atoms with van der Waals surface area (Å²) in [6, 6.07) is 5.61. The number of imide groups is 1. The van der Waals surface area contributed by atoms with Gasteiger partial charge in [-0.2, -0.15) is 0 Å². The lowest BCUT2D eigenvalue weighted by Crippen LogP contribution is -2.53. The standard InChI is InChI=1S/C20H24N2O5/c1-3-7-13-8-6-11-16(20(26)21(13)12-17(23)27-2)22-18(24)14-9-4-5-10-15(14)19(22)25/h4-5,9-10,13,16H,3,6-8,11-12H2,1-2H3/t13-,16-/m0/s1. The summed E-state index contributed by atoms with van der Waals surface area (Å²) in [5, 5.41) is 0. The molecule has 0 aromatic heterocycles. The van der Waals surface area contributed by atoms with E-state index in [0.717, 1.165) is 24.2 Å². The lowest BCUT2D eigenvalue weighted by Gasteiger charge is -2.32. The first-order valence-corrected chi connectivity index (χ1v) is 9.33. The van der Waals surface area contributed by atoms with Crippen molar-refractivity contribution in [2.24, 2.45) is 0 Å². The Morgan fingerprint density at radius 2 is 1.74 bits per heavy atom. The highest BCUT2D eigenvalue weighted by Crippen LogP contribution is 2.30. The SMILES string of the molecule is CCC[C@H]1CCC[C@H](N2C(=O)c3ccccc3C2=O)C(=O)N1CC(=O)OC. The molecule has 27 heavy (non-hydrogen) atoms. The van der Waals surface area contributed by atoms with Gasteiger partial charge in [0.05, 0.1) is 18.2 Å². The number of carbonyl (C=O) groups excluding carboxylic acids is 4. The minimum Gasteiger partial charge on any atom is -0.468 e. The zero-order valence-corrected chi connectivity index (χ0v) is 15.6. The summed E-state index contributed by atoms with van der Waals surface area (Å²) < 4.78 is 4.74. The van der Waals surface area contributed by atoms with E-state index < -0.39 is 23.8 Å². The highest BCUT2D eigenvalue weighted by molar-refractivity contribution is 6.22. The number of likely N-dealkylation sites (tertiary alicyclic amines) is 1.